The third kappa shape index (κ3) is 7.89. The molecule has 0 aliphatic carbocycles. The second-order valence-electron chi connectivity index (χ2n) is 6.32. The van der Waals surface area contributed by atoms with Gasteiger partial charge in [-0.3, -0.25) is 19.2 Å². The van der Waals surface area contributed by atoms with Gasteiger partial charge in [0.25, 0.3) is 0 Å². The van der Waals surface area contributed by atoms with Crippen LogP contribution in [0.1, 0.15) is 32.8 Å². The molecule has 4 N–H and O–H groups in total. The quantitative estimate of drug-likeness (QED) is 0.505. The van der Waals surface area contributed by atoms with Crippen molar-refractivity contribution in [1.29, 1.82) is 0 Å². The van der Waals surface area contributed by atoms with Crippen molar-refractivity contribution in [3.8, 4) is 0 Å². The highest BCUT2D eigenvalue weighted by atomic mass is 16.5. The lowest BCUT2D eigenvalue weighted by atomic mass is 9.96. The summed E-state index contributed by atoms with van der Waals surface area (Å²) >= 11 is 0. The van der Waals surface area contributed by atoms with Crippen molar-refractivity contribution in [1.82, 2.24) is 10.6 Å². The van der Waals surface area contributed by atoms with Crippen molar-refractivity contribution >= 4 is 23.7 Å². The molecule has 0 bridgehead atoms. The van der Waals surface area contributed by atoms with Gasteiger partial charge in [-0.2, -0.15) is 0 Å². The molecule has 0 saturated carbocycles. The first-order valence-electron chi connectivity index (χ1n) is 8.80. The predicted octanol–water partition coefficient (Wildman–Crippen LogP) is 0.293. The molecule has 1 aromatic carbocycles. The maximum absolute atomic E-state index is 12.7. The lowest BCUT2D eigenvalue weighted by Crippen LogP contribution is -2.55. The Morgan fingerprint density at radius 1 is 1.11 bits per heavy atom. The average molecular weight is 377 g/mol. The Bertz CT molecular complexity index is 663. The summed E-state index contributed by atoms with van der Waals surface area (Å²) in [6.07, 6.45) is 0.190. The Morgan fingerprint density at radius 2 is 1.74 bits per heavy atom. The summed E-state index contributed by atoms with van der Waals surface area (Å²) in [5.41, 5.74) is 6.25. The van der Waals surface area contributed by atoms with E-state index in [9.17, 15) is 19.2 Å². The number of carbonyl (C=O) groups excluding carboxylic acids is 4. The second-order valence-corrected chi connectivity index (χ2v) is 6.32. The zero-order chi connectivity index (χ0) is 20.4. The number of nitrogens with one attached hydrogen (secondary N) is 2. The fourth-order valence-electron chi connectivity index (χ4n) is 2.65. The van der Waals surface area contributed by atoms with E-state index in [-0.39, 0.29) is 25.4 Å². The largest absolute Gasteiger partial charge is 0.466 e. The Morgan fingerprint density at radius 3 is 2.26 bits per heavy atom. The number of amides is 3. The molecular weight excluding hydrogens is 350 g/mol. The topological polar surface area (TPSA) is 128 Å². The minimum atomic E-state index is -1.06. The van der Waals surface area contributed by atoms with Crippen molar-refractivity contribution in [2.45, 2.75) is 45.7 Å². The number of nitrogens with two attached hydrogens (primary N) is 1. The molecule has 8 heteroatoms. The average Bonchev–Trinajstić information content (AvgIpc) is 2.59. The molecule has 1 aromatic rings. The van der Waals surface area contributed by atoms with Crippen molar-refractivity contribution in [2.75, 3.05) is 6.61 Å². The highest BCUT2D eigenvalue weighted by Crippen LogP contribution is 2.11. The minimum absolute atomic E-state index is 0.0643. The highest BCUT2D eigenvalue weighted by Gasteiger charge is 2.30. The van der Waals surface area contributed by atoms with E-state index in [1.54, 1.807) is 13.8 Å². The van der Waals surface area contributed by atoms with Gasteiger partial charge in [-0.25, -0.2) is 0 Å². The van der Waals surface area contributed by atoms with E-state index >= 15 is 0 Å². The first-order valence-corrected chi connectivity index (χ1v) is 8.80. The number of ether oxygens (including phenoxy) is 1. The van der Waals surface area contributed by atoms with Crippen LogP contribution in [-0.2, 0) is 30.3 Å². The minimum Gasteiger partial charge on any atom is -0.466 e. The molecule has 0 aromatic heterocycles. The molecule has 0 spiro atoms. The lowest BCUT2D eigenvalue weighted by Gasteiger charge is -2.25. The Hall–Kier alpha value is -2.90. The van der Waals surface area contributed by atoms with Crippen molar-refractivity contribution in [2.24, 2.45) is 11.7 Å². The Labute approximate surface area is 158 Å². The summed E-state index contributed by atoms with van der Waals surface area (Å²) in [5, 5.41) is 5.13. The van der Waals surface area contributed by atoms with Gasteiger partial charge in [0.1, 0.15) is 12.1 Å². The van der Waals surface area contributed by atoms with Gasteiger partial charge < -0.3 is 21.1 Å². The number of primary amides is 1. The van der Waals surface area contributed by atoms with Gasteiger partial charge in [-0.05, 0) is 18.4 Å². The smallest absolute Gasteiger partial charge is 0.306 e. The molecule has 0 aliphatic heterocycles. The van der Waals surface area contributed by atoms with Crippen molar-refractivity contribution < 1.29 is 23.9 Å². The molecule has 8 nitrogen and oxygen atoms in total. The highest BCUT2D eigenvalue weighted by molar-refractivity contribution is 5.91. The summed E-state index contributed by atoms with van der Waals surface area (Å²) in [4.78, 5) is 47.6. The molecule has 0 aliphatic rings. The van der Waals surface area contributed by atoms with Gasteiger partial charge in [0, 0.05) is 13.3 Å². The molecule has 0 fully saturated rings. The summed E-state index contributed by atoms with van der Waals surface area (Å²) in [5.74, 6) is -2.72. The van der Waals surface area contributed by atoms with Crippen LogP contribution >= 0.6 is 0 Å². The van der Waals surface area contributed by atoms with Crippen LogP contribution in [0.4, 0.5) is 0 Å². The first-order chi connectivity index (χ1) is 12.7. The van der Waals surface area contributed by atoms with Crippen LogP contribution in [0.2, 0.25) is 0 Å². The molecule has 0 heterocycles. The molecule has 27 heavy (non-hydrogen) atoms. The zero-order valence-corrected chi connectivity index (χ0v) is 15.9. The first kappa shape index (κ1) is 22.1. The Balaban J connectivity index is 2.86. The Kier molecular flexibility index (Phi) is 8.98. The summed E-state index contributed by atoms with van der Waals surface area (Å²) in [6.45, 7) is 4.83. The number of hydrogen-bond acceptors (Lipinski definition) is 5. The van der Waals surface area contributed by atoms with E-state index in [4.69, 9.17) is 10.5 Å². The molecule has 0 radical (unpaired) electrons. The van der Waals surface area contributed by atoms with Gasteiger partial charge >= 0.3 is 5.97 Å². The normalized spacial score (nSPS) is 13.7. The second kappa shape index (κ2) is 10.9. The van der Waals surface area contributed by atoms with E-state index in [2.05, 4.69) is 10.6 Å². The van der Waals surface area contributed by atoms with E-state index in [1.165, 1.54) is 6.92 Å². The number of esters is 1. The molecule has 1 rings (SSSR count). The molecule has 3 amide bonds. The SMILES string of the molecule is CCOC(=O)C[C@H](C)[C@@H](NC(=O)[C@@H](Cc1ccccc1)NC(C)=O)C(N)=O. The summed E-state index contributed by atoms with van der Waals surface area (Å²) < 4.78 is 4.87. The van der Waals surface area contributed by atoms with E-state index < -0.39 is 35.8 Å². The van der Waals surface area contributed by atoms with Crippen LogP contribution in [-0.4, -0.2) is 42.4 Å². The molecular formula is C19H27N3O5. The molecule has 3 atom stereocenters. The third-order valence-electron chi connectivity index (χ3n) is 3.94. The number of benzene rings is 1. The van der Waals surface area contributed by atoms with E-state index in [0.717, 1.165) is 5.56 Å². The third-order valence-corrected chi connectivity index (χ3v) is 3.94. The molecule has 0 saturated heterocycles. The van der Waals surface area contributed by atoms with Crippen molar-refractivity contribution in [3.63, 3.8) is 0 Å². The number of hydrogen-bond donors (Lipinski definition) is 3. The van der Waals surface area contributed by atoms with Crippen LogP contribution in [0, 0.1) is 5.92 Å². The maximum atomic E-state index is 12.7. The van der Waals surface area contributed by atoms with Crippen molar-refractivity contribution in [3.05, 3.63) is 35.9 Å². The number of carbonyl (C=O) groups is 4. The fraction of sp³-hybridized carbons (Fsp3) is 0.474. The van der Waals surface area contributed by atoms with Gasteiger partial charge in [0.15, 0.2) is 0 Å². The predicted molar refractivity (Wildman–Crippen MR) is 99.3 cm³/mol. The van der Waals surface area contributed by atoms with Gasteiger partial charge in [-0.1, -0.05) is 37.3 Å². The zero-order valence-electron chi connectivity index (χ0n) is 15.9. The number of rotatable bonds is 10. The summed E-state index contributed by atoms with van der Waals surface area (Å²) in [7, 11) is 0. The molecule has 148 valence electrons. The van der Waals surface area contributed by atoms with Crippen LogP contribution in [0.15, 0.2) is 30.3 Å². The monoisotopic (exact) mass is 377 g/mol. The molecule has 0 unspecified atom stereocenters. The van der Waals surface area contributed by atoms with Gasteiger partial charge in [0.2, 0.25) is 17.7 Å². The van der Waals surface area contributed by atoms with E-state index in [1.807, 2.05) is 30.3 Å². The van der Waals surface area contributed by atoms with Crippen LogP contribution in [0.5, 0.6) is 0 Å². The fourth-order valence-corrected chi connectivity index (χ4v) is 2.65. The van der Waals surface area contributed by atoms with Gasteiger partial charge in [0.05, 0.1) is 13.0 Å². The van der Waals surface area contributed by atoms with Crippen LogP contribution < -0.4 is 16.4 Å². The van der Waals surface area contributed by atoms with E-state index in [0.29, 0.717) is 0 Å². The standard InChI is InChI=1S/C19H27N3O5/c1-4-27-16(24)10-12(2)17(18(20)25)22-19(26)15(21-13(3)23)11-14-8-6-5-7-9-14/h5-9,12,15,17H,4,10-11H2,1-3H3,(H2,20,25)(H,21,23)(H,22,26)/t12-,15+,17+/m0/s1. The van der Waals surface area contributed by atoms with Crippen LogP contribution in [0.3, 0.4) is 0 Å². The maximum Gasteiger partial charge on any atom is 0.306 e. The van der Waals surface area contributed by atoms with Crippen LogP contribution in [0.25, 0.3) is 0 Å². The summed E-state index contributed by atoms with van der Waals surface area (Å²) in [6, 6.07) is 7.22. The lowest BCUT2D eigenvalue weighted by molar-refractivity contribution is -0.145. The van der Waals surface area contributed by atoms with Gasteiger partial charge in [-0.15, -0.1) is 0 Å².